The second-order valence-electron chi connectivity index (χ2n) is 33.7. The van der Waals surface area contributed by atoms with E-state index in [-0.39, 0.29) is 134 Å². The number of aliphatic hydroxyl groups excluding tert-OH is 1. The van der Waals surface area contributed by atoms with Crippen LogP contribution in [0.3, 0.4) is 0 Å². The molecule has 37 heteroatoms. The Morgan fingerprint density at radius 2 is 0.739 bits per heavy atom. The fraction of sp³-hybridized carbons (Fsp3) is 0.718. The molecule has 30 nitrogen and oxygen atoms in total. The summed E-state index contributed by atoms with van der Waals surface area (Å²) in [5.74, 6) is 1.49. The molecule has 6 saturated heterocycles. The molecule has 648 valence electrons. The van der Waals surface area contributed by atoms with Crippen molar-refractivity contribution in [1.82, 2.24) is 58.6 Å². The highest BCUT2D eigenvalue weighted by molar-refractivity contribution is 7.79. The largest absolute Gasteiger partial charge is 0.446 e. The highest BCUT2D eigenvalue weighted by atomic mass is 32.1. The molecule has 6 fully saturated rings. The highest BCUT2D eigenvalue weighted by Gasteiger charge is 2.66. The number of fused-ring (bicyclic) bond motifs is 6. The molecule has 13 rings (SSSR count). The van der Waals surface area contributed by atoms with E-state index in [9.17, 15) is 5.11 Å². The van der Waals surface area contributed by atoms with Crippen LogP contribution in [-0.2, 0) is 57.8 Å². The van der Waals surface area contributed by atoms with Crippen LogP contribution in [-0.4, -0.2) is 189 Å². The quantitative estimate of drug-likeness (QED) is 0.0486. The van der Waals surface area contributed by atoms with E-state index < -0.39 is 100 Å². The maximum absolute atomic E-state index is 11.5. The van der Waals surface area contributed by atoms with Gasteiger partial charge in [-0.05, 0) is 78.6 Å². The molecule has 0 bridgehead atoms. The lowest BCUT2D eigenvalue weighted by Crippen LogP contribution is -2.66. The van der Waals surface area contributed by atoms with Crippen LogP contribution in [0.1, 0.15) is 228 Å². The van der Waals surface area contributed by atoms with Gasteiger partial charge < -0.3 is 84.9 Å². The van der Waals surface area contributed by atoms with Crippen molar-refractivity contribution in [2.75, 3.05) is 37.0 Å². The summed E-state index contributed by atoms with van der Waals surface area (Å²) in [6.45, 7) is 53.7. The van der Waals surface area contributed by atoms with Crippen molar-refractivity contribution >= 4 is 120 Å². The lowest BCUT2D eigenvalue weighted by molar-refractivity contribution is -0.0570. The number of ether oxygens (including phenoxy) is 5. The van der Waals surface area contributed by atoms with E-state index in [0.29, 0.717) is 75.8 Å². The summed E-state index contributed by atoms with van der Waals surface area (Å²) in [6, 6.07) is 9.27. The van der Waals surface area contributed by atoms with Gasteiger partial charge in [-0.1, -0.05) is 222 Å². The smallest absolute Gasteiger partial charge is 0.358 e. The summed E-state index contributed by atoms with van der Waals surface area (Å²) < 4.78 is 101. The van der Waals surface area contributed by atoms with Crippen molar-refractivity contribution in [3.05, 3.63) is 68.3 Å². The molecule has 7 aromatic rings. The van der Waals surface area contributed by atoms with Crippen LogP contribution in [0, 0.1) is 0 Å². The predicted molar refractivity (Wildman–Crippen MR) is 471 cm³/mol. The van der Waals surface area contributed by atoms with Crippen LogP contribution in [0.15, 0.2) is 68.3 Å². The first-order chi connectivity index (χ1) is 51.8. The van der Waals surface area contributed by atoms with E-state index in [0.717, 1.165) is 0 Å². The Kier molecular flexibility index (Phi) is 33.5. The molecule has 1 aromatic carbocycles. The number of benzene rings is 1. The number of anilines is 3. The lowest BCUT2D eigenvalue weighted by atomic mass is 10.1. The molecular weight excluding hydrogens is 1590 g/mol. The third-order valence-corrected chi connectivity index (χ3v) is 53.9. The zero-order chi connectivity index (χ0) is 80.2. The third-order valence-electron chi connectivity index (χ3n) is 23.0. The second-order valence-corrected chi connectivity index (χ2v) is 60.6. The zero-order valence-electron chi connectivity index (χ0n) is 68.6. The van der Waals surface area contributed by atoms with Crippen LogP contribution in [0.2, 0.25) is 66.5 Å². The fourth-order valence-electron chi connectivity index (χ4n) is 17.1. The van der Waals surface area contributed by atoms with E-state index in [4.69, 9.17) is 92.0 Å². The Morgan fingerprint density at radius 1 is 0.409 bits per heavy atom. The molecule has 115 heavy (non-hydrogen) atoms. The number of thiocarbonyl (C=S) groups is 1. The van der Waals surface area contributed by atoms with E-state index in [1.807, 2.05) is 34.9 Å². The monoisotopic (exact) mass is 1730 g/mol. The number of rotatable bonds is 17. The molecule has 6 aliphatic rings. The van der Waals surface area contributed by atoms with Crippen molar-refractivity contribution < 1.29 is 67.7 Å². The maximum atomic E-state index is 11.5. The Hall–Kier alpha value is -5.26. The molecule has 6 aromatic heterocycles. The zero-order valence-corrected chi connectivity index (χ0v) is 75.4. The van der Waals surface area contributed by atoms with Gasteiger partial charge in [0.15, 0.2) is 53.0 Å². The van der Waals surface area contributed by atoms with E-state index in [1.54, 1.807) is 28.1 Å². The first-order valence-corrected chi connectivity index (χ1v) is 51.5. The molecule has 0 amide bonds. The van der Waals surface area contributed by atoms with Gasteiger partial charge >= 0.3 is 56.6 Å². The van der Waals surface area contributed by atoms with Crippen LogP contribution in [0.4, 0.5) is 17.5 Å². The Balaban J connectivity index is 0.000000265. The van der Waals surface area contributed by atoms with Crippen molar-refractivity contribution in [2.45, 2.75) is 344 Å². The van der Waals surface area contributed by atoms with Gasteiger partial charge in [0.1, 0.15) is 84.1 Å². The number of nitrogens with two attached hydrogens (primary N) is 3. The van der Waals surface area contributed by atoms with Crippen LogP contribution < -0.4 is 21.9 Å². The summed E-state index contributed by atoms with van der Waals surface area (Å²) in [6.07, 6.45) is 4.04. The molecular formula is C78H141N15O15SSi6. The van der Waals surface area contributed by atoms with Crippen molar-refractivity contribution in [3.8, 4) is 5.75 Å². The van der Waals surface area contributed by atoms with Gasteiger partial charge in [-0.2, -0.15) is 0 Å². The summed E-state index contributed by atoms with van der Waals surface area (Å²) in [5.41, 5.74) is 23.9. The minimum Gasteiger partial charge on any atom is -0.446 e. The van der Waals surface area contributed by atoms with Gasteiger partial charge in [0.2, 0.25) is 0 Å². The second kappa shape index (κ2) is 39.1. The molecule has 0 aliphatic carbocycles. The number of para-hydroxylation sites is 1. The van der Waals surface area contributed by atoms with Gasteiger partial charge in [-0.25, -0.2) is 44.9 Å². The minimum atomic E-state index is -2.99. The standard InChI is InChI=1S/C29H43N5O6SSi2.C22H39N5O5Si2.C22H39N5O4Si2.5CH4/c1-17(2)42(18(3)4)35-14-22-24(39-43(40-42,19(5)6)20(7)8)25(38-29(41)36-21-12-10-9-11-13-21)28(37-22)34-16-33-23-26(30)31-15-32-27(23)34;1-12(2)33(13(3)4)29-9-16-19(31-34(32-33,14(5)6)15(7)8)18(28)22(30-16)27-11-26-17-20(23)24-10-25-21(17)27;1-13(2)32(14(3)4)28-10-18-17(30-33(31-32,15(5)6)16(7)8)9-19(29-18)27-12-26-20-21(23)24-11-25-22(20)27;;;;;/h9-13,15-20,22,24-25,28H,14H2,1-8H3,(H2,30,31,32);10-16,18-19,22,28H,9H2,1-8H3,(H2,23,24,25);11-19H,9-10H2,1-8H3,(H2,23,24,25);5*1H4/t22-,24+,25?,28-;16-,18?,19+,22-;17-,18-,19-;;;;;/m000...../s1. The highest BCUT2D eigenvalue weighted by Crippen LogP contribution is 2.53. The van der Waals surface area contributed by atoms with Crippen molar-refractivity contribution in [1.29, 1.82) is 0 Å². The van der Waals surface area contributed by atoms with Crippen molar-refractivity contribution in [3.63, 3.8) is 0 Å². The van der Waals surface area contributed by atoms with Gasteiger partial charge in [0.05, 0.1) is 44.9 Å². The van der Waals surface area contributed by atoms with Crippen LogP contribution in [0.5, 0.6) is 5.75 Å². The summed E-state index contributed by atoms with van der Waals surface area (Å²) in [4.78, 5) is 38.6. The summed E-state index contributed by atoms with van der Waals surface area (Å²) in [7, 11) is -16.5. The summed E-state index contributed by atoms with van der Waals surface area (Å²) in [5, 5.41) is 11.4. The molecule has 0 radical (unpaired) electrons. The van der Waals surface area contributed by atoms with E-state index in [1.165, 1.54) is 19.0 Å². The Labute approximate surface area is 696 Å². The van der Waals surface area contributed by atoms with Gasteiger partial charge in [0.25, 0.3) is 0 Å². The molecule has 7 N–H and O–H groups in total. The van der Waals surface area contributed by atoms with Gasteiger partial charge in [-0.3, -0.25) is 13.7 Å². The molecule has 2 unspecified atom stereocenters. The normalized spacial score (nSPS) is 25.9. The topological polar surface area (TPSA) is 358 Å². The molecule has 11 atom stereocenters. The predicted octanol–water partition coefficient (Wildman–Crippen LogP) is 17.5. The number of imidazole rings is 3. The minimum absolute atomic E-state index is 0. The average molecular weight is 1730 g/mol. The van der Waals surface area contributed by atoms with Crippen LogP contribution in [0.25, 0.3) is 33.5 Å². The van der Waals surface area contributed by atoms with Crippen LogP contribution >= 0.6 is 12.2 Å². The van der Waals surface area contributed by atoms with Gasteiger partial charge in [0, 0.05) is 18.6 Å². The lowest BCUT2D eigenvalue weighted by Gasteiger charge is -2.51. The number of aliphatic hydroxyl groups is 1. The molecule has 0 spiro atoms. The van der Waals surface area contributed by atoms with E-state index in [2.05, 4.69) is 211 Å². The number of hydrogen-bond acceptors (Lipinski definition) is 28. The maximum Gasteiger partial charge on any atom is 0.358 e. The molecule has 0 saturated carbocycles. The molecule has 12 heterocycles. The Morgan fingerprint density at radius 3 is 1.13 bits per heavy atom. The molecule has 6 aliphatic heterocycles. The first-order valence-electron chi connectivity index (χ1n) is 39.3. The number of nitrogen functional groups attached to an aromatic ring is 3. The number of aromatic nitrogens is 12. The number of nitrogens with zero attached hydrogens (tertiary/aromatic N) is 12. The first kappa shape index (κ1) is 98.6. The van der Waals surface area contributed by atoms with E-state index >= 15 is 0 Å². The van der Waals surface area contributed by atoms with Crippen molar-refractivity contribution in [2.24, 2.45) is 0 Å². The Bertz CT molecular complexity index is 4210. The van der Waals surface area contributed by atoms with Gasteiger partial charge in [-0.15, -0.1) is 0 Å². The average Bonchev–Trinajstić information content (AvgIpc) is 0.801. The third kappa shape index (κ3) is 18.5. The summed E-state index contributed by atoms with van der Waals surface area (Å²) >= 11 is 5.62. The SMILES string of the molecule is C.C.C.C.C.CC(C)[Si]1(C(C)C)OC[C@@H]2O[C@H](n3cnc4c(N)ncnc43)C(O)[C@@H]2O[Si](C(C)C)(C(C)C)O1.CC(C)[Si]1(C(C)C)OC[C@@H]2O[C@H](n3cnc4c(N)ncnc43)C(OC(=S)Oc3ccccc3)[C@@H]2O[Si](C(C)C)(C(C)C)O1.CC(C)[Si]1(C(C)C)OC[C@@H]2O[C@H](n3cnc4c(N)ncnc43)C[C@@H]2O[Si](C(C)C)(C(C)C)O1. The fourth-order valence-corrected chi connectivity index (χ4v) is 50.9. The number of hydrogen-bond donors (Lipinski definition) is 4.